The maximum absolute atomic E-state index is 6.10. The highest BCUT2D eigenvalue weighted by Gasteiger charge is 2.04. The first-order chi connectivity index (χ1) is 8.27. The van der Waals surface area contributed by atoms with E-state index < -0.39 is 0 Å². The van der Waals surface area contributed by atoms with Crippen LogP contribution in [-0.4, -0.2) is 0 Å². The Morgan fingerprint density at radius 1 is 0.941 bits per heavy atom. The summed E-state index contributed by atoms with van der Waals surface area (Å²) in [6.07, 6.45) is 0. The van der Waals surface area contributed by atoms with Gasteiger partial charge in [-0.25, -0.2) is 0 Å². The summed E-state index contributed by atoms with van der Waals surface area (Å²) in [6, 6.07) is 15.8. The Labute approximate surface area is 115 Å². The summed E-state index contributed by atoms with van der Waals surface area (Å²) in [7, 11) is 0. The van der Waals surface area contributed by atoms with E-state index in [9.17, 15) is 0 Å². The molecule has 0 bridgehead atoms. The van der Waals surface area contributed by atoms with Crippen molar-refractivity contribution in [3.05, 3.63) is 69.2 Å². The van der Waals surface area contributed by atoms with Crippen molar-refractivity contribution < 1.29 is 4.74 Å². The second-order valence-corrected chi connectivity index (χ2v) is 4.94. The smallest absolute Gasteiger partial charge is 0.0747 e. The highest BCUT2D eigenvalue weighted by atomic mass is 79.9. The highest BCUT2D eigenvalue weighted by Crippen LogP contribution is 2.25. The predicted octanol–water partition coefficient (Wildman–Crippen LogP) is 4.82. The molecule has 0 heterocycles. The Balaban J connectivity index is 1.95. The van der Waals surface area contributed by atoms with Crippen molar-refractivity contribution in [3.63, 3.8) is 0 Å². The van der Waals surface area contributed by atoms with E-state index in [1.54, 1.807) is 0 Å². The van der Waals surface area contributed by atoms with E-state index in [-0.39, 0.29) is 0 Å². The second-order valence-electron chi connectivity index (χ2n) is 3.68. The molecular formula is C14H12BrClO. The van der Waals surface area contributed by atoms with Crippen LogP contribution in [0.5, 0.6) is 0 Å². The fourth-order valence-corrected chi connectivity index (χ4v) is 2.34. The molecular weight excluding hydrogens is 300 g/mol. The van der Waals surface area contributed by atoms with Crippen LogP contribution in [0.4, 0.5) is 0 Å². The average molecular weight is 312 g/mol. The molecule has 2 aromatic rings. The van der Waals surface area contributed by atoms with Gasteiger partial charge in [-0.2, -0.15) is 0 Å². The van der Waals surface area contributed by atoms with Gasteiger partial charge in [-0.3, -0.25) is 0 Å². The Kier molecular flexibility index (Phi) is 4.60. The van der Waals surface area contributed by atoms with E-state index >= 15 is 0 Å². The van der Waals surface area contributed by atoms with Crippen LogP contribution in [-0.2, 0) is 18.0 Å². The van der Waals surface area contributed by atoms with Gasteiger partial charge in [-0.15, -0.1) is 0 Å². The van der Waals surface area contributed by atoms with E-state index in [4.69, 9.17) is 16.3 Å². The number of rotatable bonds is 4. The Bertz CT molecular complexity index is 465. The first-order valence-electron chi connectivity index (χ1n) is 5.32. The van der Waals surface area contributed by atoms with E-state index in [2.05, 4.69) is 15.9 Å². The fraction of sp³-hybridized carbons (Fsp3) is 0.143. The molecule has 0 saturated heterocycles. The van der Waals surface area contributed by atoms with Crippen LogP contribution >= 0.6 is 27.5 Å². The minimum atomic E-state index is 0.509. The van der Waals surface area contributed by atoms with Crippen LogP contribution in [0.25, 0.3) is 0 Å². The lowest BCUT2D eigenvalue weighted by molar-refractivity contribution is 0.107. The molecule has 0 aromatic heterocycles. The summed E-state index contributed by atoms with van der Waals surface area (Å²) in [4.78, 5) is 0. The van der Waals surface area contributed by atoms with Crippen LogP contribution in [0.1, 0.15) is 11.1 Å². The largest absolute Gasteiger partial charge is 0.372 e. The van der Waals surface area contributed by atoms with Crippen molar-refractivity contribution >= 4 is 27.5 Å². The molecule has 0 N–H and O–H groups in total. The summed E-state index contributed by atoms with van der Waals surface area (Å²) in [5.74, 6) is 0. The van der Waals surface area contributed by atoms with Gasteiger partial charge in [0.1, 0.15) is 0 Å². The number of hydrogen-bond donors (Lipinski definition) is 0. The Hall–Kier alpha value is -0.830. The molecule has 3 heteroatoms. The highest BCUT2D eigenvalue weighted by molar-refractivity contribution is 9.10. The normalized spacial score (nSPS) is 10.5. The van der Waals surface area contributed by atoms with Crippen LogP contribution < -0.4 is 0 Å². The lowest BCUT2D eigenvalue weighted by Crippen LogP contribution is -1.95. The zero-order valence-corrected chi connectivity index (χ0v) is 11.5. The zero-order chi connectivity index (χ0) is 12.1. The van der Waals surface area contributed by atoms with E-state index in [0.29, 0.717) is 13.2 Å². The lowest BCUT2D eigenvalue weighted by atomic mass is 10.2. The zero-order valence-electron chi connectivity index (χ0n) is 9.20. The van der Waals surface area contributed by atoms with Crippen LogP contribution in [0.3, 0.4) is 0 Å². The molecule has 0 atom stereocenters. The topological polar surface area (TPSA) is 9.23 Å². The van der Waals surface area contributed by atoms with Crippen molar-refractivity contribution in [1.29, 1.82) is 0 Å². The summed E-state index contributed by atoms with van der Waals surface area (Å²) < 4.78 is 6.64. The quantitative estimate of drug-likeness (QED) is 0.786. The predicted molar refractivity (Wildman–Crippen MR) is 74.1 cm³/mol. The Morgan fingerprint density at radius 3 is 2.41 bits per heavy atom. The van der Waals surface area contributed by atoms with Gasteiger partial charge in [-0.05, 0) is 17.7 Å². The third-order valence-corrected chi connectivity index (χ3v) is 3.52. The minimum Gasteiger partial charge on any atom is -0.372 e. The van der Waals surface area contributed by atoms with Gasteiger partial charge in [0, 0.05) is 15.1 Å². The van der Waals surface area contributed by atoms with Gasteiger partial charge in [0.25, 0.3) is 0 Å². The van der Waals surface area contributed by atoms with E-state index in [1.165, 1.54) is 0 Å². The summed E-state index contributed by atoms with van der Waals surface area (Å²) in [5, 5.41) is 0.729. The molecule has 2 rings (SSSR count). The van der Waals surface area contributed by atoms with Gasteiger partial charge in [0.2, 0.25) is 0 Å². The summed E-state index contributed by atoms with van der Waals surface area (Å²) in [6.45, 7) is 1.10. The molecule has 17 heavy (non-hydrogen) atoms. The monoisotopic (exact) mass is 310 g/mol. The number of halogens is 2. The maximum atomic E-state index is 6.10. The van der Waals surface area contributed by atoms with Crippen LogP contribution in [0.15, 0.2) is 53.0 Å². The first kappa shape index (κ1) is 12.6. The third kappa shape index (κ3) is 3.56. The molecule has 0 amide bonds. The molecule has 2 aromatic carbocycles. The molecule has 0 radical (unpaired) electrons. The SMILES string of the molecule is Clc1cccc(Br)c1COCc1ccccc1. The standard InChI is InChI=1S/C14H12BrClO/c15-13-7-4-8-14(16)12(13)10-17-9-11-5-2-1-3-6-11/h1-8H,9-10H2. The third-order valence-electron chi connectivity index (χ3n) is 2.42. The summed E-state index contributed by atoms with van der Waals surface area (Å²) >= 11 is 9.57. The molecule has 88 valence electrons. The van der Waals surface area contributed by atoms with Crippen molar-refractivity contribution in [2.45, 2.75) is 13.2 Å². The molecule has 0 spiro atoms. The fourth-order valence-electron chi connectivity index (χ4n) is 1.52. The van der Waals surface area contributed by atoms with E-state index in [0.717, 1.165) is 20.6 Å². The molecule has 0 unspecified atom stereocenters. The van der Waals surface area contributed by atoms with Gasteiger partial charge in [0.15, 0.2) is 0 Å². The van der Waals surface area contributed by atoms with Crippen molar-refractivity contribution in [3.8, 4) is 0 Å². The van der Waals surface area contributed by atoms with Crippen LogP contribution in [0.2, 0.25) is 5.02 Å². The van der Waals surface area contributed by atoms with Gasteiger partial charge in [-0.1, -0.05) is 63.9 Å². The van der Waals surface area contributed by atoms with Crippen molar-refractivity contribution in [1.82, 2.24) is 0 Å². The minimum absolute atomic E-state index is 0.509. The molecule has 0 saturated carbocycles. The maximum Gasteiger partial charge on any atom is 0.0747 e. The van der Waals surface area contributed by atoms with Crippen LogP contribution in [0, 0.1) is 0 Å². The number of benzene rings is 2. The average Bonchev–Trinajstić information content (AvgIpc) is 2.34. The van der Waals surface area contributed by atoms with Crippen molar-refractivity contribution in [2.75, 3.05) is 0 Å². The molecule has 0 aliphatic carbocycles. The second kappa shape index (κ2) is 6.20. The number of ether oxygens (including phenoxy) is 1. The molecule has 0 aliphatic rings. The molecule has 0 aliphatic heterocycles. The van der Waals surface area contributed by atoms with E-state index in [1.807, 2.05) is 48.5 Å². The van der Waals surface area contributed by atoms with Gasteiger partial charge >= 0.3 is 0 Å². The molecule has 0 fully saturated rings. The lowest BCUT2D eigenvalue weighted by Gasteiger charge is -2.08. The number of hydrogen-bond acceptors (Lipinski definition) is 1. The van der Waals surface area contributed by atoms with Crippen molar-refractivity contribution in [2.24, 2.45) is 0 Å². The Morgan fingerprint density at radius 2 is 1.71 bits per heavy atom. The van der Waals surface area contributed by atoms with Gasteiger partial charge < -0.3 is 4.74 Å². The molecule has 1 nitrogen and oxygen atoms in total. The first-order valence-corrected chi connectivity index (χ1v) is 6.49. The van der Waals surface area contributed by atoms with Gasteiger partial charge in [0.05, 0.1) is 13.2 Å². The summed E-state index contributed by atoms with van der Waals surface area (Å²) in [5.41, 5.74) is 2.15.